The van der Waals surface area contributed by atoms with Gasteiger partial charge in [-0.1, -0.05) is 24.3 Å². The fraction of sp³-hybridized carbons (Fsp3) is 0.278. The van der Waals surface area contributed by atoms with Crippen LogP contribution in [0.1, 0.15) is 18.1 Å². The molecule has 0 aliphatic rings. The molecule has 1 N–H and O–H groups in total. The van der Waals surface area contributed by atoms with Crippen LogP contribution in [0, 0.1) is 0 Å². The molecule has 0 aliphatic heterocycles. The van der Waals surface area contributed by atoms with E-state index in [2.05, 4.69) is 0 Å². The van der Waals surface area contributed by atoms with E-state index in [4.69, 9.17) is 21.1 Å². The number of rotatable bonds is 7. The van der Waals surface area contributed by atoms with Crippen LogP contribution in [-0.2, 0) is 22.6 Å². The fourth-order valence-corrected chi connectivity index (χ4v) is 1.96. The molecule has 5 heteroatoms. The molecule has 4 nitrogen and oxygen atoms in total. The highest BCUT2D eigenvalue weighted by atomic mass is 35.5. The number of ether oxygens (including phenoxy) is 2. The van der Waals surface area contributed by atoms with Crippen molar-refractivity contribution in [2.45, 2.75) is 25.3 Å². The van der Waals surface area contributed by atoms with Gasteiger partial charge in [-0.25, -0.2) is 0 Å². The molecule has 1 atom stereocenters. The quantitative estimate of drug-likeness (QED) is 0.620. The summed E-state index contributed by atoms with van der Waals surface area (Å²) in [6, 6.07) is 14.4. The van der Waals surface area contributed by atoms with E-state index in [-0.39, 0.29) is 12.4 Å². The molecule has 0 heterocycles. The second-order valence-electron chi connectivity index (χ2n) is 5.13. The van der Waals surface area contributed by atoms with Gasteiger partial charge >= 0.3 is 5.97 Å². The fourth-order valence-electron chi connectivity index (χ4n) is 1.90. The first-order chi connectivity index (χ1) is 11.0. The highest BCUT2D eigenvalue weighted by Crippen LogP contribution is 2.16. The van der Waals surface area contributed by atoms with Crippen LogP contribution in [0.2, 0.25) is 0 Å². The lowest BCUT2D eigenvalue weighted by Crippen LogP contribution is -2.14. The molecule has 0 bridgehead atoms. The number of carbonyl (C=O) groups excluding carboxylic acids is 1. The molecule has 0 radical (unpaired) electrons. The zero-order chi connectivity index (χ0) is 16.7. The SMILES string of the molecule is CC(Cl)C(=O)OCc1ccc(CCOc2ccc(O)cc2)cc1. The largest absolute Gasteiger partial charge is 0.508 e. The molecule has 23 heavy (non-hydrogen) atoms. The summed E-state index contributed by atoms with van der Waals surface area (Å²) in [5.41, 5.74) is 2.04. The topological polar surface area (TPSA) is 55.8 Å². The van der Waals surface area contributed by atoms with E-state index in [0.717, 1.165) is 23.3 Å². The summed E-state index contributed by atoms with van der Waals surface area (Å²) in [5.74, 6) is 0.525. The van der Waals surface area contributed by atoms with Gasteiger partial charge in [0.05, 0.1) is 6.61 Å². The molecule has 0 aromatic heterocycles. The number of carbonyl (C=O) groups is 1. The van der Waals surface area contributed by atoms with E-state index in [1.807, 2.05) is 24.3 Å². The van der Waals surface area contributed by atoms with E-state index in [0.29, 0.717) is 6.61 Å². The van der Waals surface area contributed by atoms with Gasteiger partial charge in [-0.05, 0) is 42.3 Å². The van der Waals surface area contributed by atoms with Gasteiger partial charge in [0.1, 0.15) is 23.5 Å². The Bertz CT molecular complexity index is 620. The van der Waals surface area contributed by atoms with E-state index in [9.17, 15) is 9.90 Å². The molecule has 1 unspecified atom stereocenters. The van der Waals surface area contributed by atoms with Crippen molar-refractivity contribution in [2.24, 2.45) is 0 Å². The third-order valence-electron chi connectivity index (χ3n) is 3.23. The summed E-state index contributed by atoms with van der Waals surface area (Å²) in [7, 11) is 0. The van der Waals surface area contributed by atoms with Gasteiger partial charge in [-0.3, -0.25) is 4.79 Å². The monoisotopic (exact) mass is 334 g/mol. The van der Waals surface area contributed by atoms with Gasteiger partial charge in [-0.2, -0.15) is 0 Å². The minimum Gasteiger partial charge on any atom is -0.508 e. The number of alkyl halides is 1. The van der Waals surface area contributed by atoms with Gasteiger partial charge in [0.25, 0.3) is 0 Å². The number of hydrogen-bond acceptors (Lipinski definition) is 4. The molecule has 122 valence electrons. The van der Waals surface area contributed by atoms with Gasteiger partial charge in [0, 0.05) is 6.42 Å². The van der Waals surface area contributed by atoms with Crippen LogP contribution in [0.5, 0.6) is 11.5 Å². The van der Waals surface area contributed by atoms with Crippen LogP contribution in [0.25, 0.3) is 0 Å². The number of aromatic hydroxyl groups is 1. The molecule has 0 spiro atoms. The lowest BCUT2D eigenvalue weighted by Gasteiger charge is -2.08. The minimum atomic E-state index is -0.633. The Kier molecular flexibility index (Phi) is 6.29. The summed E-state index contributed by atoms with van der Waals surface area (Å²) < 4.78 is 10.7. The highest BCUT2D eigenvalue weighted by Gasteiger charge is 2.10. The van der Waals surface area contributed by atoms with Crippen molar-refractivity contribution in [3.63, 3.8) is 0 Å². The molecule has 0 fully saturated rings. The maximum Gasteiger partial charge on any atom is 0.324 e. The maximum atomic E-state index is 11.3. The van der Waals surface area contributed by atoms with E-state index in [1.54, 1.807) is 31.2 Å². The van der Waals surface area contributed by atoms with Crippen molar-refractivity contribution in [1.82, 2.24) is 0 Å². The molecule has 0 saturated heterocycles. The van der Waals surface area contributed by atoms with Crippen molar-refractivity contribution < 1.29 is 19.4 Å². The van der Waals surface area contributed by atoms with Crippen LogP contribution in [0.3, 0.4) is 0 Å². The van der Waals surface area contributed by atoms with Crippen LogP contribution in [-0.4, -0.2) is 23.1 Å². The van der Waals surface area contributed by atoms with Crippen molar-refractivity contribution in [2.75, 3.05) is 6.61 Å². The van der Waals surface area contributed by atoms with Crippen molar-refractivity contribution in [3.8, 4) is 11.5 Å². The molecule has 0 amide bonds. The smallest absolute Gasteiger partial charge is 0.324 e. The summed E-state index contributed by atoms with van der Waals surface area (Å²) in [4.78, 5) is 11.3. The van der Waals surface area contributed by atoms with Gasteiger partial charge in [0.15, 0.2) is 0 Å². The molecular weight excluding hydrogens is 316 g/mol. The van der Waals surface area contributed by atoms with Crippen LogP contribution < -0.4 is 4.74 Å². The average Bonchev–Trinajstić information content (AvgIpc) is 2.55. The number of phenolic OH excluding ortho intramolecular Hbond substituents is 1. The first kappa shape index (κ1) is 17.2. The summed E-state index contributed by atoms with van der Waals surface area (Å²) in [6.07, 6.45) is 0.764. The normalized spacial score (nSPS) is 11.7. The zero-order valence-corrected chi connectivity index (χ0v) is 13.6. The van der Waals surface area contributed by atoms with Crippen LogP contribution in [0.4, 0.5) is 0 Å². The standard InChI is InChI=1S/C18H19ClO4/c1-13(19)18(21)23-12-15-4-2-14(3-5-15)10-11-22-17-8-6-16(20)7-9-17/h2-9,13,20H,10-12H2,1H3. The Morgan fingerprint density at radius 2 is 1.70 bits per heavy atom. The zero-order valence-electron chi connectivity index (χ0n) is 12.9. The summed E-state index contributed by atoms with van der Waals surface area (Å²) >= 11 is 5.63. The van der Waals surface area contributed by atoms with Crippen molar-refractivity contribution in [3.05, 3.63) is 59.7 Å². The Morgan fingerprint density at radius 3 is 2.30 bits per heavy atom. The van der Waals surface area contributed by atoms with E-state index >= 15 is 0 Å². The molecule has 2 aromatic rings. The Hall–Kier alpha value is -2.20. The van der Waals surface area contributed by atoms with Crippen molar-refractivity contribution >= 4 is 17.6 Å². The summed E-state index contributed by atoms with van der Waals surface area (Å²) in [5, 5.41) is 8.57. The van der Waals surface area contributed by atoms with Gasteiger partial charge < -0.3 is 14.6 Å². The predicted molar refractivity (Wildman–Crippen MR) is 88.9 cm³/mol. The molecule has 2 rings (SSSR count). The molecule has 0 aliphatic carbocycles. The van der Waals surface area contributed by atoms with Gasteiger partial charge in [0.2, 0.25) is 0 Å². The third kappa shape index (κ3) is 5.83. The average molecular weight is 335 g/mol. The lowest BCUT2D eigenvalue weighted by molar-refractivity contribution is -0.144. The number of phenols is 1. The number of esters is 1. The second-order valence-corrected chi connectivity index (χ2v) is 5.79. The Balaban J connectivity index is 1.76. The van der Waals surface area contributed by atoms with Crippen molar-refractivity contribution in [1.29, 1.82) is 0 Å². The predicted octanol–water partition coefficient (Wildman–Crippen LogP) is 3.68. The number of hydrogen-bond donors (Lipinski definition) is 1. The van der Waals surface area contributed by atoms with Crippen LogP contribution >= 0.6 is 11.6 Å². The van der Waals surface area contributed by atoms with Gasteiger partial charge in [-0.15, -0.1) is 11.6 Å². The highest BCUT2D eigenvalue weighted by molar-refractivity contribution is 6.29. The van der Waals surface area contributed by atoms with E-state index < -0.39 is 11.3 Å². The third-order valence-corrected chi connectivity index (χ3v) is 3.40. The molecule has 2 aromatic carbocycles. The second kappa shape index (κ2) is 8.44. The first-order valence-corrected chi connectivity index (χ1v) is 7.78. The van der Waals surface area contributed by atoms with Crippen LogP contribution in [0.15, 0.2) is 48.5 Å². The first-order valence-electron chi connectivity index (χ1n) is 7.35. The molecular formula is C18H19ClO4. The number of benzene rings is 2. The Morgan fingerprint density at radius 1 is 1.09 bits per heavy atom. The number of halogens is 1. The lowest BCUT2D eigenvalue weighted by atomic mass is 10.1. The minimum absolute atomic E-state index is 0.220. The van der Waals surface area contributed by atoms with E-state index in [1.165, 1.54) is 0 Å². The summed E-state index contributed by atoms with van der Waals surface area (Å²) in [6.45, 7) is 2.35. The molecule has 0 saturated carbocycles. The Labute approximate surface area is 140 Å². The maximum absolute atomic E-state index is 11.3.